The molecule has 0 aromatic rings. The van der Waals surface area contributed by atoms with E-state index in [1.54, 1.807) is 22.6 Å². The van der Waals surface area contributed by atoms with Crippen molar-refractivity contribution in [3.05, 3.63) is 0 Å². The van der Waals surface area contributed by atoms with Crippen molar-refractivity contribution >= 4 is 85.7 Å². The van der Waals surface area contributed by atoms with E-state index in [1.807, 2.05) is 0 Å². The molecule has 0 spiro atoms. The molecule has 0 bridgehead atoms. The summed E-state index contributed by atoms with van der Waals surface area (Å²) < 4.78 is 21.1. The third kappa shape index (κ3) is 45.9. The second-order valence-electron chi connectivity index (χ2n) is 18.6. The van der Waals surface area contributed by atoms with E-state index in [0.29, 0.717) is 25.8 Å². The van der Waals surface area contributed by atoms with Gasteiger partial charge in [-0.3, -0.25) is 38.4 Å². The molecule has 0 unspecified atom stereocenters. The lowest BCUT2D eigenvalue weighted by Crippen LogP contribution is -2.45. The van der Waals surface area contributed by atoms with Crippen molar-refractivity contribution in [2.75, 3.05) is 72.5 Å². The molecule has 0 aliphatic rings. The quantitative estimate of drug-likeness (QED) is 0.0236. The smallest absolute Gasteiger partial charge is 0.326 e. The predicted molar refractivity (Wildman–Crippen MR) is 291 cm³/mol. The van der Waals surface area contributed by atoms with Crippen LogP contribution in [0.4, 0.5) is 0 Å². The van der Waals surface area contributed by atoms with Crippen molar-refractivity contribution in [3.63, 3.8) is 0 Å². The first-order chi connectivity index (χ1) is 37.3. The van der Waals surface area contributed by atoms with Crippen LogP contribution in [-0.2, 0) is 71.7 Å². The summed E-state index contributed by atoms with van der Waals surface area (Å²) in [5.74, 6) is -8.37. The molecule has 0 saturated heterocycles. The summed E-state index contributed by atoms with van der Waals surface area (Å²) in [6.07, 6.45) is 14.2. The summed E-state index contributed by atoms with van der Waals surface area (Å²) in [6.45, 7) is 1.27. The maximum Gasteiger partial charge on any atom is 0.326 e. The number of amides is 6. The van der Waals surface area contributed by atoms with Crippen LogP contribution in [0.3, 0.4) is 0 Å². The van der Waals surface area contributed by atoms with Crippen molar-refractivity contribution in [2.45, 2.75) is 185 Å². The van der Waals surface area contributed by atoms with E-state index in [9.17, 15) is 68.1 Å². The Labute approximate surface area is 470 Å². The van der Waals surface area contributed by atoms with E-state index in [0.717, 1.165) is 70.6 Å². The molecule has 0 rings (SSSR count). The molecule has 0 fully saturated rings. The molecule has 27 heteroatoms. The van der Waals surface area contributed by atoms with Gasteiger partial charge in [0, 0.05) is 74.3 Å². The van der Waals surface area contributed by atoms with Gasteiger partial charge in [0.05, 0.1) is 45.7 Å². The summed E-state index contributed by atoms with van der Waals surface area (Å²) >= 11 is 1.66. The highest BCUT2D eigenvalue weighted by atomic mass is 127. The third-order valence-electron chi connectivity index (χ3n) is 11.8. The van der Waals surface area contributed by atoms with Gasteiger partial charge in [0.1, 0.15) is 31.3 Å². The fraction of sp³-hybridized carbons (Fsp3) is 0.784. The zero-order valence-corrected chi connectivity index (χ0v) is 47.3. The van der Waals surface area contributed by atoms with Crippen LogP contribution < -0.4 is 37.6 Å². The minimum Gasteiger partial charge on any atom is -0.481 e. The van der Waals surface area contributed by atoms with E-state index >= 15 is 0 Å². The molecule has 0 aliphatic heterocycles. The molecule has 12 N–H and O–H groups in total. The highest BCUT2D eigenvalue weighted by Crippen LogP contribution is 2.14. The summed E-state index contributed by atoms with van der Waals surface area (Å²) in [6, 6.07) is -4.93. The molecular weight excluding hydrogens is 1140 g/mol. The predicted octanol–water partition coefficient (Wildman–Crippen LogP) is 2.24. The second-order valence-corrected chi connectivity index (χ2v) is 19.7. The Hall–Kier alpha value is -5.10. The van der Waals surface area contributed by atoms with Crippen LogP contribution in [0.15, 0.2) is 0 Å². The van der Waals surface area contributed by atoms with E-state index in [1.165, 1.54) is 19.3 Å². The fourth-order valence-corrected chi connectivity index (χ4v) is 7.71. The van der Waals surface area contributed by atoms with Crippen molar-refractivity contribution in [1.82, 2.24) is 31.9 Å². The van der Waals surface area contributed by atoms with E-state index in [-0.39, 0.29) is 114 Å². The Bertz CT molecular complexity index is 1780. The van der Waals surface area contributed by atoms with Gasteiger partial charge in [0.25, 0.3) is 0 Å². The van der Waals surface area contributed by atoms with Crippen LogP contribution in [-0.4, -0.2) is 180 Å². The lowest BCUT2D eigenvalue weighted by molar-refractivity contribution is -0.144. The third-order valence-corrected chi connectivity index (χ3v) is 12.6. The summed E-state index contributed by atoms with van der Waals surface area (Å²) in [7, 11) is 0. The first-order valence-corrected chi connectivity index (χ1v) is 28.2. The van der Waals surface area contributed by atoms with Crippen LogP contribution >= 0.6 is 22.6 Å². The molecule has 0 radical (unpaired) electrons. The maximum absolute atomic E-state index is 12.6. The number of carboxylic acids is 4. The fourth-order valence-electron chi connectivity index (χ4n) is 7.40. The van der Waals surface area contributed by atoms with Gasteiger partial charge in [0.2, 0.25) is 39.2 Å². The number of unbranched alkanes of at least 4 members (excludes halogenated alkanes) is 14. The zero-order chi connectivity index (χ0) is 58.2. The second kappa shape index (κ2) is 49.0. The number of ether oxygens (including phenoxy) is 4. The number of carbonyl (C=O) groups excluding carboxylic acids is 7. The zero-order valence-electron chi connectivity index (χ0n) is 45.1. The molecule has 0 aliphatic carbocycles. The molecular formula is C51H88IN7O19. The number of rotatable bonds is 54. The average Bonchev–Trinajstić information content (AvgIpc) is 3.38. The SMILES string of the molecule is N[C@@H](CCCCNC(=O)COCCOCCNC(=O)COCCOCCNC(=O)CC[C@H](NC(=O)CC[C@H](NC(=O)CC[C@H](NC(=O)CCCCCCCCCCCCCCCCC(=O)O)C(=O)O)C(=O)O)C(=O)O)C(=O)I. The minimum absolute atomic E-state index is 0.0708. The largest absolute Gasteiger partial charge is 0.481 e. The highest BCUT2D eigenvalue weighted by Gasteiger charge is 2.26. The Morgan fingerprint density at radius 2 is 0.692 bits per heavy atom. The van der Waals surface area contributed by atoms with Crippen LogP contribution in [0.2, 0.25) is 0 Å². The number of carboxylic acid groups (broad SMARTS) is 4. The molecule has 0 heterocycles. The Kier molecular flexibility index (Phi) is 45.8. The molecule has 78 heavy (non-hydrogen) atoms. The maximum atomic E-state index is 12.6. The number of nitrogens with one attached hydrogen (secondary N) is 6. The first-order valence-electron chi connectivity index (χ1n) is 27.2. The lowest BCUT2D eigenvalue weighted by Gasteiger charge is -2.18. The average molecular weight is 1230 g/mol. The molecule has 0 aromatic carbocycles. The van der Waals surface area contributed by atoms with Gasteiger partial charge in [0.15, 0.2) is 0 Å². The van der Waals surface area contributed by atoms with Gasteiger partial charge in [-0.25, -0.2) is 14.4 Å². The van der Waals surface area contributed by atoms with E-state index < -0.39 is 90.9 Å². The summed E-state index contributed by atoms with van der Waals surface area (Å²) in [5.41, 5.74) is 5.66. The number of hydrogen-bond acceptors (Lipinski definition) is 16. The van der Waals surface area contributed by atoms with E-state index in [4.69, 9.17) is 29.8 Å². The number of halogens is 1. The number of aliphatic carboxylic acids is 4. The highest BCUT2D eigenvalue weighted by molar-refractivity contribution is 14.1. The molecule has 6 amide bonds. The Morgan fingerprint density at radius 3 is 1.08 bits per heavy atom. The van der Waals surface area contributed by atoms with Gasteiger partial charge < -0.3 is 77.0 Å². The van der Waals surface area contributed by atoms with Crippen LogP contribution in [0.25, 0.3) is 0 Å². The normalized spacial score (nSPS) is 12.5. The number of carbonyl (C=O) groups is 11. The van der Waals surface area contributed by atoms with Gasteiger partial charge in [-0.2, -0.15) is 0 Å². The van der Waals surface area contributed by atoms with Gasteiger partial charge in [-0.05, 0) is 51.4 Å². The van der Waals surface area contributed by atoms with Gasteiger partial charge in [-0.1, -0.05) is 77.0 Å². The van der Waals surface area contributed by atoms with Crippen molar-refractivity contribution in [3.8, 4) is 0 Å². The monoisotopic (exact) mass is 1230 g/mol. The molecule has 0 aromatic heterocycles. The van der Waals surface area contributed by atoms with Crippen LogP contribution in [0.1, 0.15) is 161 Å². The van der Waals surface area contributed by atoms with Crippen LogP contribution in [0, 0.1) is 0 Å². The number of nitrogens with two attached hydrogens (primary N) is 1. The lowest BCUT2D eigenvalue weighted by atomic mass is 10.0. The van der Waals surface area contributed by atoms with Crippen LogP contribution in [0.5, 0.6) is 0 Å². The Morgan fingerprint density at radius 1 is 0.359 bits per heavy atom. The Balaban J connectivity index is 4.15. The first kappa shape index (κ1) is 72.9. The number of hydrogen-bond donors (Lipinski definition) is 11. The topological polar surface area (TPSA) is 404 Å². The molecule has 26 nitrogen and oxygen atoms in total. The van der Waals surface area contributed by atoms with Crippen molar-refractivity contribution < 1.29 is 92.1 Å². The molecule has 448 valence electrons. The van der Waals surface area contributed by atoms with Gasteiger partial charge in [-0.15, -0.1) is 0 Å². The summed E-state index contributed by atoms with van der Waals surface area (Å²) in [5, 5.41) is 52.3. The minimum atomic E-state index is -1.57. The van der Waals surface area contributed by atoms with E-state index in [2.05, 4.69) is 31.9 Å². The van der Waals surface area contributed by atoms with Crippen molar-refractivity contribution in [2.24, 2.45) is 5.73 Å². The van der Waals surface area contributed by atoms with Crippen molar-refractivity contribution in [1.29, 1.82) is 0 Å². The standard InChI is InChI=1S/C51H88IN7O19/c52-48(68)37(53)17-15-16-26-54-45(64)35-77-33-32-76-30-28-56-46(65)36-78-34-31-75-29-27-55-41(60)23-20-38(49(69)70)58-43(62)25-22-40(51(73)74)59-44(63)24-21-39(50(71)72)57-42(61)18-13-11-9-7-5-3-1-2-4-6-8-10-12-14-19-47(66)67/h37-40H,1-36,53H2,(H,54,64)(H,55,60)(H,56,65)(H,57,61)(H,58,62)(H,59,63)(H,66,67)(H,69,70)(H,71,72)(H,73,74)/t37-,38-,39-,40-/m0/s1. The molecule has 0 saturated carbocycles. The summed E-state index contributed by atoms with van der Waals surface area (Å²) in [4.78, 5) is 131. The van der Waals surface area contributed by atoms with Gasteiger partial charge >= 0.3 is 23.9 Å². The molecule has 4 atom stereocenters.